The summed E-state index contributed by atoms with van der Waals surface area (Å²) < 4.78 is 0. The fourth-order valence-electron chi connectivity index (χ4n) is 2.78. The number of allylic oxidation sites excluding steroid dienone is 2. The van der Waals surface area contributed by atoms with Gasteiger partial charge in [0.25, 0.3) is 0 Å². The molecule has 0 bridgehead atoms. The monoisotopic (exact) mass is 252 g/mol. The van der Waals surface area contributed by atoms with E-state index in [0.717, 1.165) is 51.5 Å². The third-order valence-electron chi connectivity index (χ3n) is 3.97. The van der Waals surface area contributed by atoms with Gasteiger partial charge < -0.3 is 15.7 Å². The summed E-state index contributed by atoms with van der Waals surface area (Å²) in [5.41, 5.74) is 0. The minimum Gasteiger partial charge on any atom is -0.391 e. The Morgan fingerprint density at radius 3 is 2.78 bits per heavy atom. The van der Waals surface area contributed by atoms with E-state index in [-0.39, 0.29) is 18.2 Å². The molecule has 0 aromatic heterocycles. The SMILES string of the molecule is O=C(NC[C@@H]1CC=CCC1)N[C@@H]1CCCC[C@@H]1O. The number of nitrogens with one attached hydrogen (secondary N) is 2. The van der Waals surface area contributed by atoms with E-state index in [1.165, 1.54) is 0 Å². The highest BCUT2D eigenvalue weighted by molar-refractivity contribution is 5.74. The van der Waals surface area contributed by atoms with Gasteiger partial charge in [-0.1, -0.05) is 25.0 Å². The van der Waals surface area contributed by atoms with Crippen LogP contribution in [-0.4, -0.2) is 29.8 Å². The number of aliphatic hydroxyl groups is 1. The van der Waals surface area contributed by atoms with E-state index in [0.29, 0.717) is 5.92 Å². The first-order chi connectivity index (χ1) is 8.75. The molecule has 1 saturated carbocycles. The van der Waals surface area contributed by atoms with E-state index in [9.17, 15) is 9.90 Å². The maximum absolute atomic E-state index is 11.7. The fourth-order valence-corrected chi connectivity index (χ4v) is 2.78. The van der Waals surface area contributed by atoms with Crippen LogP contribution < -0.4 is 10.6 Å². The summed E-state index contributed by atoms with van der Waals surface area (Å²) in [6.45, 7) is 0.735. The Morgan fingerprint density at radius 2 is 2.06 bits per heavy atom. The number of hydrogen-bond donors (Lipinski definition) is 3. The average molecular weight is 252 g/mol. The van der Waals surface area contributed by atoms with Crippen LogP contribution in [0.2, 0.25) is 0 Å². The van der Waals surface area contributed by atoms with Gasteiger partial charge in [0, 0.05) is 6.54 Å². The molecule has 0 radical (unpaired) electrons. The van der Waals surface area contributed by atoms with Crippen molar-refractivity contribution in [2.45, 2.75) is 57.1 Å². The van der Waals surface area contributed by atoms with Crippen LogP contribution in [0.15, 0.2) is 12.2 Å². The predicted molar refractivity (Wildman–Crippen MR) is 71.3 cm³/mol. The molecule has 2 rings (SSSR count). The zero-order valence-electron chi connectivity index (χ0n) is 10.9. The first kappa shape index (κ1) is 13.4. The molecule has 2 aliphatic rings. The zero-order chi connectivity index (χ0) is 12.8. The molecular weight excluding hydrogens is 228 g/mol. The van der Waals surface area contributed by atoms with Gasteiger partial charge in [0.2, 0.25) is 0 Å². The highest BCUT2D eigenvalue weighted by Crippen LogP contribution is 2.19. The first-order valence-corrected chi connectivity index (χ1v) is 7.13. The molecule has 0 unspecified atom stereocenters. The van der Waals surface area contributed by atoms with Crippen molar-refractivity contribution in [3.8, 4) is 0 Å². The number of rotatable bonds is 3. The number of carbonyl (C=O) groups excluding carboxylic acids is 1. The summed E-state index contributed by atoms with van der Waals surface area (Å²) in [5, 5.41) is 15.6. The van der Waals surface area contributed by atoms with Crippen molar-refractivity contribution in [2.24, 2.45) is 5.92 Å². The largest absolute Gasteiger partial charge is 0.391 e. The van der Waals surface area contributed by atoms with Crippen LogP contribution >= 0.6 is 0 Å². The van der Waals surface area contributed by atoms with Crippen molar-refractivity contribution < 1.29 is 9.90 Å². The summed E-state index contributed by atoms with van der Waals surface area (Å²) in [6.07, 6.45) is 11.2. The fraction of sp³-hybridized carbons (Fsp3) is 0.786. The smallest absolute Gasteiger partial charge is 0.315 e. The van der Waals surface area contributed by atoms with Gasteiger partial charge in [-0.25, -0.2) is 4.79 Å². The average Bonchev–Trinajstić information content (AvgIpc) is 2.40. The van der Waals surface area contributed by atoms with Gasteiger partial charge in [-0.2, -0.15) is 0 Å². The molecule has 4 heteroatoms. The van der Waals surface area contributed by atoms with E-state index in [2.05, 4.69) is 22.8 Å². The maximum atomic E-state index is 11.7. The van der Waals surface area contributed by atoms with Gasteiger partial charge in [-0.3, -0.25) is 0 Å². The normalized spacial score (nSPS) is 31.9. The Hall–Kier alpha value is -1.03. The Morgan fingerprint density at radius 1 is 1.22 bits per heavy atom. The van der Waals surface area contributed by atoms with E-state index < -0.39 is 0 Å². The number of urea groups is 1. The molecule has 102 valence electrons. The molecule has 2 aliphatic carbocycles. The molecule has 18 heavy (non-hydrogen) atoms. The van der Waals surface area contributed by atoms with Gasteiger partial charge in [0.15, 0.2) is 0 Å². The number of hydrogen-bond acceptors (Lipinski definition) is 2. The summed E-state index contributed by atoms with van der Waals surface area (Å²) >= 11 is 0. The standard InChI is InChI=1S/C14H24N2O2/c17-13-9-5-4-8-12(13)16-14(18)15-10-11-6-2-1-3-7-11/h1-2,11-13,17H,3-10H2,(H2,15,16,18)/t11-,12-,13+/m1/s1. The topological polar surface area (TPSA) is 61.4 Å². The first-order valence-electron chi connectivity index (χ1n) is 7.13. The summed E-state index contributed by atoms with van der Waals surface area (Å²) in [7, 11) is 0. The van der Waals surface area contributed by atoms with Gasteiger partial charge in [-0.15, -0.1) is 0 Å². The zero-order valence-corrected chi connectivity index (χ0v) is 10.9. The Balaban J connectivity index is 1.66. The predicted octanol–water partition coefficient (Wildman–Crippen LogP) is 1.95. The number of amides is 2. The number of aliphatic hydroxyl groups excluding tert-OH is 1. The molecule has 4 nitrogen and oxygen atoms in total. The maximum Gasteiger partial charge on any atom is 0.315 e. The van der Waals surface area contributed by atoms with E-state index in [1.54, 1.807) is 0 Å². The molecule has 0 spiro atoms. The molecular formula is C14H24N2O2. The molecule has 3 N–H and O–H groups in total. The lowest BCUT2D eigenvalue weighted by molar-refractivity contribution is 0.0942. The minimum atomic E-state index is -0.373. The quantitative estimate of drug-likeness (QED) is 0.672. The van der Waals surface area contributed by atoms with Crippen LogP contribution in [0.1, 0.15) is 44.9 Å². The highest BCUT2D eigenvalue weighted by atomic mass is 16.3. The lowest BCUT2D eigenvalue weighted by atomic mass is 9.92. The van der Waals surface area contributed by atoms with Crippen molar-refractivity contribution >= 4 is 6.03 Å². The lowest BCUT2D eigenvalue weighted by Gasteiger charge is -2.28. The summed E-state index contributed by atoms with van der Waals surface area (Å²) in [4.78, 5) is 11.7. The van der Waals surface area contributed by atoms with Gasteiger partial charge >= 0.3 is 6.03 Å². The molecule has 3 atom stereocenters. The van der Waals surface area contributed by atoms with Crippen molar-refractivity contribution in [2.75, 3.05) is 6.54 Å². The highest BCUT2D eigenvalue weighted by Gasteiger charge is 2.24. The third-order valence-corrected chi connectivity index (χ3v) is 3.97. The Kier molecular flexibility index (Phi) is 5.05. The van der Waals surface area contributed by atoms with Crippen LogP contribution in [0, 0.1) is 5.92 Å². The Bertz CT molecular complexity index is 304. The molecule has 0 saturated heterocycles. The van der Waals surface area contributed by atoms with Crippen LogP contribution in [-0.2, 0) is 0 Å². The molecule has 0 aromatic carbocycles. The van der Waals surface area contributed by atoms with Crippen LogP contribution in [0.5, 0.6) is 0 Å². The Labute approximate surface area is 109 Å². The van der Waals surface area contributed by atoms with Crippen LogP contribution in [0.25, 0.3) is 0 Å². The second-order valence-corrected chi connectivity index (χ2v) is 5.46. The summed E-state index contributed by atoms with van der Waals surface area (Å²) in [5.74, 6) is 0.567. The van der Waals surface area contributed by atoms with Crippen LogP contribution in [0.4, 0.5) is 4.79 Å². The van der Waals surface area contributed by atoms with E-state index in [1.807, 2.05) is 0 Å². The molecule has 1 fully saturated rings. The minimum absolute atomic E-state index is 0.0648. The molecule has 0 heterocycles. The van der Waals surface area contributed by atoms with E-state index >= 15 is 0 Å². The molecule has 2 amide bonds. The second kappa shape index (κ2) is 6.78. The summed E-state index contributed by atoms with van der Waals surface area (Å²) in [6, 6.07) is -0.194. The van der Waals surface area contributed by atoms with Crippen molar-refractivity contribution in [1.82, 2.24) is 10.6 Å². The van der Waals surface area contributed by atoms with Crippen molar-refractivity contribution in [3.05, 3.63) is 12.2 Å². The van der Waals surface area contributed by atoms with Crippen LogP contribution in [0.3, 0.4) is 0 Å². The van der Waals surface area contributed by atoms with Crippen molar-refractivity contribution in [3.63, 3.8) is 0 Å². The van der Waals surface area contributed by atoms with Gasteiger partial charge in [-0.05, 0) is 38.0 Å². The van der Waals surface area contributed by atoms with Gasteiger partial charge in [0.1, 0.15) is 0 Å². The van der Waals surface area contributed by atoms with Crippen molar-refractivity contribution in [1.29, 1.82) is 0 Å². The van der Waals surface area contributed by atoms with E-state index in [4.69, 9.17) is 0 Å². The number of carbonyl (C=O) groups is 1. The lowest BCUT2D eigenvalue weighted by Crippen LogP contribution is -2.49. The third kappa shape index (κ3) is 4.02. The molecule has 0 aromatic rings. The molecule has 0 aliphatic heterocycles. The van der Waals surface area contributed by atoms with Gasteiger partial charge in [0.05, 0.1) is 12.1 Å². The second-order valence-electron chi connectivity index (χ2n) is 5.46.